The number of benzene rings is 2. The third-order valence-corrected chi connectivity index (χ3v) is 8.19. The van der Waals surface area contributed by atoms with Crippen molar-refractivity contribution in [1.29, 1.82) is 10.5 Å². The molecule has 4 rings (SSSR count). The molecule has 1 aliphatic heterocycles. The summed E-state index contributed by atoms with van der Waals surface area (Å²) in [6.07, 6.45) is 4.73. The number of aromatic nitrogens is 1. The molecule has 1 fully saturated rings. The largest absolute Gasteiger partial charge is 0.360 e. The molecule has 0 radical (unpaired) electrons. The Morgan fingerprint density at radius 2 is 1.81 bits per heavy atom. The Labute approximate surface area is 248 Å². The second-order valence-corrected chi connectivity index (χ2v) is 11.0. The molecular formula is C31H33N7O3S. The van der Waals surface area contributed by atoms with Gasteiger partial charge >= 0.3 is 0 Å². The molecule has 0 bridgehead atoms. The highest BCUT2D eigenvalue weighted by atomic mass is 32.1. The first-order valence-corrected chi connectivity index (χ1v) is 14.7. The molecule has 3 N–H and O–H groups in total. The van der Waals surface area contributed by atoms with E-state index < -0.39 is 5.91 Å². The number of amides is 2. The lowest BCUT2D eigenvalue weighted by Crippen LogP contribution is -2.39. The fraction of sp³-hybridized carbons (Fsp3) is 0.323. The average molecular weight is 584 g/mol. The first-order valence-electron chi connectivity index (χ1n) is 13.8. The summed E-state index contributed by atoms with van der Waals surface area (Å²) in [6.45, 7) is 3.88. The highest BCUT2D eigenvalue weighted by molar-refractivity contribution is 7.07. The molecule has 2 amide bonds. The summed E-state index contributed by atoms with van der Waals surface area (Å²) in [5, 5.41) is 26.6. The Balaban J connectivity index is 1.38. The van der Waals surface area contributed by atoms with Crippen molar-refractivity contribution < 1.29 is 9.59 Å². The number of nitrogens with zero attached hydrogens (tertiary/aromatic N) is 4. The van der Waals surface area contributed by atoms with Crippen LogP contribution >= 0.6 is 11.3 Å². The topological polar surface area (TPSA) is 143 Å². The van der Waals surface area contributed by atoms with Crippen LogP contribution in [0, 0.1) is 28.6 Å². The van der Waals surface area contributed by atoms with Crippen LogP contribution in [0.2, 0.25) is 0 Å². The van der Waals surface area contributed by atoms with E-state index in [9.17, 15) is 19.6 Å². The maximum absolute atomic E-state index is 12.9. The first-order chi connectivity index (χ1) is 20.4. The number of carbonyl (C=O) groups excluding carboxylic acids is 2. The number of nitriles is 2. The fourth-order valence-electron chi connectivity index (χ4n) is 4.93. The van der Waals surface area contributed by atoms with Gasteiger partial charge < -0.3 is 16.0 Å². The van der Waals surface area contributed by atoms with Gasteiger partial charge in [0.2, 0.25) is 5.91 Å². The number of anilines is 2. The maximum atomic E-state index is 12.9. The molecule has 42 heavy (non-hydrogen) atoms. The highest BCUT2D eigenvalue weighted by Crippen LogP contribution is 2.22. The number of nitrogens with one attached hydrogen (secondary N) is 3. The lowest BCUT2D eigenvalue weighted by atomic mass is 9.90. The number of hydrogen-bond acceptors (Lipinski definition) is 8. The van der Waals surface area contributed by atoms with Crippen LogP contribution in [-0.2, 0) is 22.6 Å². The van der Waals surface area contributed by atoms with Crippen LogP contribution in [0.1, 0.15) is 25.3 Å². The van der Waals surface area contributed by atoms with Crippen LogP contribution in [-0.4, -0.2) is 47.5 Å². The first kappa shape index (κ1) is 30.3. The van der Waals surface area contributed by atoms with E-state index in [0.717, 1.165) is 43.7 Å². The Hall–Kier alpha value is -4.71. The predicted octanol–water partition coefficient (Wildman–Crippen LogP) is 1.99. The number of likely N-dealkylation sites (tertiary alicyclic amines) is 1. The molecule has 1 saturated heterocycles. The van der Waals surface area contributed by atoms with E-state index in [1.54, 1.807) is 37.3 Å². The van der Waals surface area contributed by atoms with E-state index in [2.05, 4.69) is 45.1 Å². The summed E-state index contributed by atoms with van der Waals surface area (Å²) < 4.78 is 1.88. The van der Waals surface area contributed by atoms with E-state index in [4.69, 9.17) is 5.26 Å². The van der Waals surface area contributed by atoms with Crippen molar-refractivity contribution >= 4 is 46.3 Å². The molecule has 3 aromatic rings. The summed E-state index contributed by atoms with van der Waals surface area (Å²) in [7, 11) is 0. The molecule has 0 atom stereocenters. The van der Waals surface area contributed by atoms with Crippen molar-refractivity contribution in [2.24, 2.45) is 5.92 Å². The number of hydrogen-bond donors (Lipinski definition) is 3. The van der Waals surface area contributed by atoms with Crippen LogP contribution in [0.3, 0.4) is 0 Å². The van der Waals surface area contributed by atoms with E-state index in [1.807, 2.05) is 12.1 Å². The molecule has 0 unspecified atom stereocenters. The van der Waals surface area contributed by atoms with Gasteiger partial charge in [-0.25, -0.2) is 0 Å². The Morgan fingerprint density at radius 1 is 1.07 bits per heavy atom. The zero-order chi connectivity index (χ0) is 29.9. The third kappa shape index (κ3) is 7.94. The number of carbonyl (C=O) groups is 2. The Morgan fingerprint density at radius 3 is 2.50 bits per heavy atom. The third-order valence-electron chi connectivity index (χ3n) is 7.06. The van der Waals surface area contributed by atoms with Crippen molar-refractivity contribution in [3.63, 3.8) is 0 Å². The van der Waals surface area contributed by atoms with E-state index in [0.29, 0.717) is 28.4 Å². The number of piperidine rings is 1. The van der Waals surface area contributed by atoms with Gasteiger partial charge in [-0.2, -0.15) is 10.5 Å². The van der Waals surface area contributed by atoms with Gasteiger partial charge in [0, 0.05) is 24.1 Å². The molecule has 2 aromatic carbocycles. The molecule has 2 heterocycles. The Bertz CT molecular complexity index is 1670. The van der Waals surface area contributed by atoms with Gasteiger partial charge in [0.25, 0.3) is 11.5 Å². The second kappa shape index (κ2) is 14.8. The zero-order valence-corrected chi connectivity index (χ0v) is 24.2. The van der Waals surface area contributed by atoms with Crippen molar-refractivity contribution in [2.45, 2.75) is 32.7 Å². The summed E-state index contributed by atoms with van der Waals surface area (Å²) in [5.74, 6) is -0.153. The fourth-order valence-corrected chi connectivity index (χ4v) is 6.02. The molecule has 1 aliphatic rings. The minimum atomic E-state index is -0.706. The highest BCUT2D eigenvalue weighted by Gasteiger charge is 2.21. The van der Waals surface area contributed by atoms with Gasteiger partial charge in [-0.1, -0.05) is 36.4 Å². The lowest BCUT2D eigenvalue weighted by molar-refractivity contribution is -0.117. The van der Waals surface area contributed by atoms with Crippen LogP contribution in [0.4, 0.5) is 11.4 Å². The summed E-state index contributed by atoms with van der Waals surface area (Å²) in [6, 6.07) is 21.3. The standard InChI is InChI=1S/C31H33N7O3S/c1-2-38-30(41)27(42-31(38)26(19-33)29(40)34-14-13-32)20-35-24-9-6-10-25(18-24)36-28(39)21-37-15-11-23(12-16-37)17-22-7-4-3-5-8-22/h3-10,18,20,23,35H,2,11-12,14-17,21H2,1H3,(H,34,40)(H,36,39). The number of thiazole rings is 1. The van der Waals surface area contributed by atoms with Gasteiger partial charge in [0.1, 0.15) is 21.8 Å². The van der Waals surface area contributed by atoms with Crippen molar-refractivity contribution in [3.8, 4) is 12.1 Å². The van der Waals surface area contributed by atoms with Gasteiger partial charge in [-0.05, 0) is 69.0 Å². The molecule has 0 aliphatic carbocycles. The monoisotopic (exact) mass is 583 g/mol. The normalized spacial score (nSPS) is 14.9. The molecule has 216 valence electrons. The minimum Gasteiger partial charge on any atom is -0.360 e. The summed E-state index contributed by atoms with van der Waals surface area (Å²) >= 11 is 1.01. The molecule has 10 nitrogen and oxygen atoms in total. The zero-order valence-electron chi connectivity index (χ0n) is 23.4. The van der Waals surface area contributed by atoms with E-state index >= 15 is 0 Å². The smallest absolute Gasteiger partial charge is 0.270 e. The van der Waals surface area contributed by atoms with E-state index in [-0.39, 0.29) is 34.8 Å². The molecule has 11 heteroatoms. The van der Waals surface area contributed by atoms with Crippen molar-refractivity contribution in [1.82, 2.24) is 14.8 Å². The second-order valence-electron chi connectivity index (χ2n) is 9.98. The molecule has 0 spiro atoms. The van der Waals surface area contributed by atoms with Crippen molar-refractivity contribution in [2.75, 3.05) is 36.8 Å². The van der Waals surface area contributed by atoms with Crippen molar-refractivity contribution in [3.05, 3.63) is 79.7 Å². The van der Waals surface area contributed by atoms with Crippen LogP contribution in [0.5, 0.6) is 0 Å². The average Bonchev–Trinajstić information content (AvgIpc) is 3.31. The predicted molar refractivity (Wildman–Crippen MR) is 164 cm³/mol. The van der Waals surface area contributed by atoms with E-state index in [1.165, 1.54) is 16.3 Å². The summed E-state index contributed by atoms with van der Waals surface area (Å²) in [4.78, 5) is 40.2. The van der Waals surface area contributed by atoms with Gasteiger partial charge in [-0.15, -0.1) is 11.3 Å². The Kier molecular flexibility index (Phi) is 10.6. The minimum absolute atomic E-state index is 0.0828. The summed E-state index contributed by atoms with van der Waals surface area (Å²) in [5.41, 5.74) is 2.08. The van der Waals surface area contributed by atoms with Crippen LogP contribution in [0.15, 0.2) is 59.4 Å². The van der Waals surface area contributed by atoms with Crippen LogP contribution in [0.25, 0.3) is 11.8 Å². The molecular weight excluding hydrogens is 550 g/mol. The lowest BCUT2D eigenvalue weighted by Gasteiger charge is -2.31. The SMILES string of the molecule is CCn1c(=C(C#N)C(=O)NCC#N)sc(=CNc2cccc(NC(=O)CN3CCC(Cc4ccccc4)CC3)c2)c1=O. The van der Waals surface area contributed by atoms with Gasteiger partial charge in [0.05, 0.1) is 12.6 Å². The van der Waals surface area contributed by atoms with Gasteiger partial charge in [-0.3, -0.25) is 23.9 Å². The molecule has 1 aromatic heterocycles. The quantitative estimate of drug-likeness (QED) is 0.310. The maximum Gasteiger partial charge on any atom is 0.270 e. The number of rotatable bonds is 10. The van der Waals surface area contributed by atoms with Gasteiger partial charge in [0.15, 0.2) is 5.57 Å². The molecule has 0 saturated carbocycles. The van der Waals surface area contributed by atoms with Crippen LogP contribution < -0.4 is 30.7 Å².